The molecule has 0 aliphatic carbocycles. The van der Waals surface area contributed by atoms with Gasteiger partial charge in [-0.3, -0.25) is 4.79 Å². The van der Waals surface area contributed by atoms with Crippen LogP contribution in [0.1, 0.15) is 45.7 Å². The van der Waals surface area contributed by atoms with Crippen LogP contribution < -0.4 is 10.6 Å². The van der Waals surface area contributed by atoms with E-state index >= 15 is 0 Å². The molecular formula is C22H20ClF3N4O. The number of nitrogens with zero attached hydrogens (tertiary/aromatic N) is 2. The molecule has 2 unspecified atom stereocenters. The van der Waals surface area contributed by atoms with Crippen molar-refractivity contribution >= 4 is 23.3 Å². The number of benzene rings is 2. The Morgan fingerprint density at radius 3 is 2.52 bits per heavy atom. The summed E-state index contributed by atoms with van der Waals surface area (Å²) in [4.78, 5) is 12.6. The molecule has 0 bridgehead atoms. The quantitative estimate of drug-likeness (QED) is 0.559. The lowest BCUT2D eigenvalue weighted by atomic mass is 9.96. The van der Waals surface area contributed by atoms with Crippen molar-refractivity contribution in [2.24, 2.45) is 0 Å². The van der Waals surface area contributed by atoms with E-state index in [1.165, 1.54) is 0 Å². The molecule has 1 amide bonds. The third-order valence-electron chi connectivity index (χ3n) is 5.29. The first-order valence-corrected chi connectivity index (χ1v) is 10.1. The van der Waals surface area contributed by atoms with Gasteiger partial charge in [0.15, 0.2) is 11.7 Å². The predicted molar refractivity (Wildman–Crippen MR) is 112 cm³/mol. The fraction of sp³-hybridized carbons (Fsp3) is 0.273. The van der Waals surface area contributed by atoms with Crippen molar-refractivity contribution in [3.05, 3.63) is 82.0 Å². The third kappa shape index (κ3) is 4.39. The number of carbonyl (C=O) groups excluding carboxylic acids is 1. The lowest BCUT2D eigenvalue weighted by Gasteiger charge is -2.33. The molecule has 3 aromatic rings. The van der Waals surface area contributed by atoms with E-state index < -0.39 is 24.2 Å². The van der Waals surface area contributed by atoms with Gasteiger partial charge in [-0.05, 0) is 18.1 Å². The normalized spacial score (nSPS) is 18.2. The van der Waals surface area contributed by atoms with E-state index in [-0.39, 0.29) is 29.5 Å². The van der Waals surface area contributed by atoms with E-state index in [1.54, 1.807) is 12.1 Å². The highest BCUT2D eigenvalue weighted by Crippen LogP contribution is 2.46. The molecule has 0 saturated heterocycles. The Kier molecular flexibility index (Phi) is 5.66. The topological polar surface area (TPSA) is 59.0 Å². The number of hydrogen-bond acceptors (Lipinski definition) is 3. The molecule has 4 rings (SSSR count). The van der Waals surface area contributed by atoms with Gasteiger partial charge < -0.3 is 10.6 Å². The number of hydrogen-bond donors (Lipinski definition) is 2. The molecule has 5 nitrogen and oxygen atoms in total. The minimum absolute atomic E-state index is 0.00863. The maximum atomic E-state index is 13.9. The molecule has 2 heterocycles. The first kappa shape index (κ1) is 21.2. The van der Waals surface area contributed by atoms with Gasteiger partial charge in [0.1, 0.15) is 10.8 Å². The molecule has 0 radical (unpaired) electrons. The smallest absolute Gasteiger partial charge is 0.362 e. The second-order valence-corrected chi connectivity index (χ2v) is 7.90. The van der Waals surface area contributed by atoms with Crippen LogP contribution in [0, 0.1) is 6.92 Å². The van der Waals surface area contributed by atoms with E-state index in [0.29, 0.717) is 5.56 Å². The minimum Gasteiger partial charge on any atom is -0.362 e. The molecule has 9 heteroatoms. The van der Waals surface area contributed by atoms with Crippen molar-refractivity contribution in [1.29, 1.82) is 0 Å². The molecular weight excluding hydrogens is 429 g/mol. The summed E-state index contributed by atoms with van der Waals surface area (Å²) >= 11 is 6.34. The van der Waals surface area contributed by atoms with E-state index in [2.05, 4.69) is 15.7 Å². The van der Waals surface area contributed by atoms with Gasteiger partial charge in [-0.15, -0.1) is 0 Å². The van der Waals surface area contributed by atoms with E-state index in [9.17, 15) is 18.0 Å². The van der Waals surface area contributed by atoms with Crippen molar-refractivity contribution in [3.63, 3.8) is 0 Å². The van der Waals surface area contributed by atoms with Crippen LogP contribution in [-0.4, -0.2) is 21.9 Å². The highest BCUT2D eigenvalue weighted by Gasteiger charge is 2.47. The van der Waals surface area contributed by atoms with E-state index in [4.69, 9.17) is 11.6 Å². The summed E-state index contributed by atoms with van der Waals surface area (Å²) in [6.07, 6.45) is -4.81. The van der Waals surface area contributed by atoms with Crippen molar-refractivity contribution in [3.8, 4) is 0 Å². The Hall–Kier alpha value is -3.00. The molecule has 0 saturated carbocycles. The van der Waals surface area contributed by atoms with Crippen molar-refractivity contribution < 1.29 is 18.0 Å². The number of nitrogens with one attached hydrogen (secondary N) is 2. The number of halogens is 4. The zero-order chi connectivity index (χ0) is 22.2. The summed E-state index contributed by atoms with van der Waals surface area (Å²) in [5.74, 6) is -0.643. The Morgan fingerprint density at radius 2 is 1.87 bits per heavy atom. The largest absolute Gasteiger partial charge is 0.410 e. The van der Waals surface area contributed by atoms with Crippen molar-refractivity contribution in [2.75, 3.05) is 5.32 Å². The maximum absolute atomic E-state index is 13.9. The van der Waals surface area contributed by atoms with E-state index in [1.807, 2.05) is 49.4 Å². The average Bonchev–Trinajstić information content (AvgIpc) is 3.08. The Balaban J connectivity index is 1.64. The van der Waals surface area contributed by atoms with Crippen molar-refractivity contribution in [1.82, 2.24) is 15.1 Å². The molecule has 1 aliphatic rings. The molecule has 2 atom stereocenters. The van der Waals surface area contributed by atoms with Gasteiger partial charge in [0, 0.05) is 13.0 Å². The van der Waals surface area contributed by atoms with Gasteiger partial charge in [-0.1, -0.05) is 71.8 Å². The minimum atomic E-state index is -4.55. The SMILES string of the molecule is Cc1ccc(C2CC(C(F)(F)F)n3nc(C(=O)NCc4ccccc4)c(Cl)c3N2)cc1. The third-order valence-corrected chi connectivity index (χ3v) is 5.64. The Morgan fingerprint density at radius 1 is 1.19 bits per heavy atom. The predicted octanol–water partition coefficient (Wildman–Crippen LogP) is 5.44. The Labute approximate surface area is 182 Å². The number of alkyl halides is 3. The van der Waals surface area contributed by atoms with Gasteiger partial charge in [-0.2, -0.15) is 18.3 Å². The van der Waals surface area contributed by atoms with Crippen LogP contribution in [0.3, 0.4) is 0 Å². The zero-order valence-corrected chi connectivity index (χ0v) is 17.3. The second-order valence-electron chi connectivity index (χ2n) is 7.52. The zero-order valence-electron chi connectivity index (χ0n) is 16.6. The molecule has 31 heavy (non-hydrogen) atoms. The second kappa shape index (κ2) is 8.26. The number of aryl methyl sites for hydroxylation is 1. The maximum Gasteiger partial charge on any atom is 0.410 e. The summed E-state index contributed by atoms with van der Waals surface area (Å²) in [7, 11) is 0. The molecule has 0 fully saturated rings. The number of carbonyl (C=O) groups is 1. The van der Waals surface area contributed by atoms with Crippen LogP contribution in [0.4, 0.5) is 19.0 Å². The first-order chi connectivity index (χ1) is 14.7. The lowest BCUT2D eigenvalue weighted by Crippen LogP contribution is -2.35. The van der Waals surface area contributed by atoms with Crippen LogP contribution in [0.2, 0.25) is 5.02 Å². The van der Waals surface area contributed by atoms with Crippen molar-refractivity contribution in [2.45, 2.75) is 38.1 Å². The van der Waals surface area contributed by atoms with Crippen LogP contribution in [0.15, 0.2) is 54.6 Å². The van der Waals surface area contributed by atoms with Gasteiger partial charge >= 0.3 is 6.18 Å². The lowest BCUT2D eigenvalue weighted by molar-refractivity contribution is -0.173. The fourth-order valence-electron chi connectivity index (χ4n) is 3.61. The first-order valence-electron chi connectivity index (χ1n) is 9.74. The summed E-state index contributed by atoms with van der Waals surface area (Å²) in [5, 5.41) is 9.52. The van der Waals surface area contributed by atoms with Crippen LogP contribution in [0.5, 0.6) is 0 Å². The van der Waals surface area contributed by atoms with E-state index in [0.717, 1.165) is 15.8 Å². The van der Waals surface area contributed by atoms with Crippen LogP contribution in [-0.2, 0) is 6.54 Å². The van der Waals surface area contributed by atoms with Gasteiger partial charge in [0.05, 0.1) is 6.04 Å². The monoisotopic (exact) mass is 448 g/mol. The van der Waals surface area contributed by atoms with Gasteiger partial charge in [0.25, 0.3) is 5.91 Å². The molecule has 1 aromatic heterocycles. The molecule has 2 aromatic carbocycles. The van der Waals surface area contributed by atoms with Gasteiger partial charge in [0.2, 0.25) is 0 Å². The van der Waals surface area contributed by atoms with Gasteiger partial charge in [-0.25, -0.2) is 4.68 Å². The number of anilines is 1. The highest BCUT2D eigenvalue weighted by atomic mass is 35.5. The fourth-order valence-corrected chi connectivity index (χ4v) is 3.88. The molecule has 1 aliphatic heterocycles. The summed E-state index contributed by atoms with van der Waals surface area (Å²) in [6, 6.07) is 13.9. The summed E-state index contributed by atoms with van der Waals surface area (Å²) in [5.41, 5.74) is 2.33. The Bertz CT molecular complexity index is 1080. The standard InChI is InChI=1S/C22H20ClF3N4O/c1-13-7-9-15(10-8-13)16-11-17(22(24,25)26)30-20(28-16)18(23)19(29-30)21(31)27-12-14-5-3-2-4-6-14/h2-10,16-17,28H,11-12H2,1H3,(H,27,31). The molecule has 162 valence electrons. The number of rotatable bonds is 4. The summed E-state index contributed by atoms with van der Waals surface area (Å²) in [6.45, 7) is 2.11. The number of aromatic nitrogens is 2. The number of amides is 1. The van der Waals surface area contributed by atoms with Crippen LogP contribution >= 0.6 is 11.6 Å². The highest BCUT2D eigenvalue weighted by molar-refractivity contribution is 6.36. The molecule has 0 spiro atoms. The molecule has 2 N–H and O–H groups in total. The van der Waals surface area contributed by atoms with Crippen LogP contribution in [0.25, 0.3) is 0 Å². The summed E-state index contributed by atoms with van der Waals surface area (Å²) < 4.78 is 42.3. The number of fused-ring (bicyclic) bond motifs is 1. The average molecular weight is 449 g/mol.